The van der Waals surface area contributed by atoms with Crippen LogP contribution in [0.4, 0.5) is 0 Å². The minimum Gasteiger partial charge on any atom is -0.463 e. The molecule has 3 rings (SSSR count). The van der Waals surface area contributed by atoms with Gasteiger partial charge >= 0.3 is 5.97 Å². The Balaban J connectivity index is 2.31. The Bertz CT molecular complexity index is 1020. The summed E-state index contributed by atoms with van der Waals surface area (Å²) in [5, 5.41) is 10.4. The molecule has 0 fully saturated rings. The van der Waals surface area contributed by atoms with Crippen molar-refractivity contribution < 1.29 is 14.3 Å². The van der Waals surface area contributed by atoms with E-state index in [1.807, 2.05) is 12.1 Å². The number of allylic oxidation sites excluding steroid dienone is 1. The van der Waals surface area contributed by atoms with E-state index in [2.05, 4.69) is 0 Å². The number of hydrogen-bond donors (Lipinski definition) is 1. The number of nitrogens with zero attached hydrogens (tertiary/aromatic N) is 1. The third kappa shape index (κ3) is 3.70. The molecule has 0 aromatic heterocycles. The first-order valence-electron chi connectivity index (χ1n) is 8.47. The van der Waals surface area contributed by atoms with E-state index in [1.54, 1.807) is 49.4 Å². The number of rotatable bonds is 4. The maximum Gasteiger partial charge on any atom is 0.338 e. The van der Waals surface area contributed by atoms with E-state index >= 15 is 0 Å². The van der Waals surface area contributed by atoms with Crippen molar-refractivity contribution >= 4 is 34.9 Å². The van der Waals surface area contributed by atoms with Crippen molar-refractivity contribution in [1.29, 1.82) is 5.26 Å². The quantitative estimate of drug-likeness (QED) is 0.727. The second-order valence-corrected chi connectivity index (χ2v) is 6.76. The molecular formula is C21H16Cl2N2O3. The van der Waals surface area contributed by atoms with Crippen LogP contribution >= 0.6 is 23.2 Å². The second kappa shape index (κ2) is 8.39. The third-order valence-corrected chi connectivity index (χ3v) is 4.79. The third-order valence-electron chi connectivity index (χ3n) is 4.22. The van der Waals surface area contributed by atoms with Crippen molar-refractivity contribution in [1.82, 2.24) is 0 Å². The first-order chi connectivity index (χ1) is 13.5. The highest BCUT2D eigenvalue weighted by Crippen LogP contribution is 2.45. The maximum absolute atomic E-state index is 12.9. The fourth-order valence-corrected chi connectivity index (χ4v) is 3.54. The molecular weight excluding hydrogens is 399 g/mol. The maximum atomic E-state index is 12.9. The number of ether oxygens (including phenoxy) is 2. The predicted molar refractivity (Wildman–Crippen MR) is 107 cm³/mol. The van der Waals surface area contributed by atoms with Crippen LogP contribution in [0.2, 0.25) is 10.0 Å². The molecule has 142 valence electrons. The van der Waals surface area contributed by atoms with E-state index in [0.717, 1.165) is 0 Å². The molecule has 5 nitrogen and oxygen atoms in total. The van der Waals surface area contributed by atoms with Crippen LogP contribution in [0.15, 0.2) is 65.6 Å². The average Bonchev–Trinajstić information content (AvgIpc) is 2.68. The molecule has 2 aromatic carbocycles. The fourth-order valence-electron chi connectivity index (χ4n) is 3.03. The van der Waals surface area contributed by atoms with Gasteiger partial charge in [0, 0.05) is 15.6 Å². The molecule has 0 bridgehead atoms. The van der Waals surface area contributed by atoms with Crippen molar-refractivity contribution in [2.75, 3.05) is 6.61 Å². The van der Waals surface area contributed by atoms with Gasteiger partial charge in [-0.3, -0.25) is 0 Å². The highest BCUT2D eigenvalue weighted by Gasteiger charge is 2.39. The number of halogens is 2. The number of benzene rings is 2. The Morgan fingerprint density at radius 3 is 2.57 bits per heavy atom. The van der Waals surface area contributed by atoms with Gasteiger partial charge in [-0.05, 0) is 24.6 Å². The second-order valence-electron chi connectivity index (χ2n) is 5.92. The zero-order valence-electron chi connectivity index (χ0n) is 14.9. The minimum atomic E-state index is -0.849. The van der Waals surface area contributed by atoms with Crippen molar-refractivity contribution in [3.63, 3.8) is 0 Å². The van der Waals surface area contributed by atoms with Crippen molar-refractivity contribution in [3.05, 3.63) is 86.7 Å². The molecule has 1 aliphatic rings. The first-order valence-corrected chi connectivity index (χ1v) is 9.22. The van der Waals surface area contributed by atoms with Crippen LogP contribution in [0.3, 0.4) is 0 Å². The molecule has 2 N–H and O–H groups in total. The van der Waals surface area contributed by atoms with Gasteiger partial charge in [-0.25, -0.2) is 4.79 Å². The molecule has 0 amide bonds. The molecule has 7 heteroatoms. The fraction of sp³-hybridized carbons (Fsp3) is 0.143. The number of nitrogens with two attached hydrogens (primary N) is 1. The Kier molecular flexibility index (Phi) is 5.93. The standard InChI is InChI=1S/C21H16Cl2N2O3/c1-2-27-21(26)18-17(14-9-8-13(22)10-16(14)23)15(11-24)20(25)28-19(18)12-6-4-3-5-7-12/h3-10,17H,2,25H2,1H3/t17-/m1/s1. The summed E-state index contributed by atoms with van der Waals surface area (Å²) in [7, 11) is 0. The number of carbonyl (C=O) groups excluding carboxylic acids is 1. The first kappa shape index (κ1) is 19.8. The van der Waals surface area contributed by atoms with Gasteiger partial charge < -0.3 is 15.2 Å². The molecule has 1 aliphatic heterocycles. The Morgan fingerprint density at radius 2 is 1.96 bits per heavy atom. The van der Waals surface area contributed by atoms with Gasteiger partial charge in [-0.1, -0.05) is 59.6 Å². The summed E-state index contributed by atoms with van der Waals surface area (Å²) in [6, 6.07) is 15.9. The van der Waals surface area contributed by atoms with Crippen LogP contribution in [0, 0.1) is 11.3 Å². The average molecular weight is 415 g/mol. The zero-order valence-corrected chi connectivity index (χ0v) is 16.4. The summed E-state index contributed by atoms with van der Waals surface area (Å²) in [4.78, 5) is 12.9. The summed E-state index contributed by atoms with van der Waals surface area (Å²) in [6.45, 7) is 1.86. The van der Waals surface area contributed by atoms with Gasteiger partial charge in [0.15, 0.2) is 0 Å². The van der Waals surface area contributed by atoms with E-state index in [-0.39, 0.29) is 29.4 Å². The van der Waals surface area contributed by atoms with E-state index < -0.39 is 11.9 Å². The van der Waals surface area contributed by atoms with Crippen LogP contribution < -0.4 is 5.73 Å². The summed E-state index contributed by atoms with van der Waals surface area (Å²) >= 11 is 12.4. The summed E-state index contributed by atoms with van der Waals surface area (Å²) in [5.74, 6) is -1.33. The summed E-state index contributed by atoms with van der Waals surface area (Å²) in [6.07, 6.45) is 0. The lowest BCUT2D eigenvalue weighted by atomic mass is 9.82. The molecule has 0 aliphatic carbocycles. The van der Waals surface area contributed by atoms with Crippen molar-refractivity contribution in [2.24, 2.45) is 5.73 Å². The molecule has 0 saturated heterocycles. The van der Waals surface area contributed by atoms with Gasteiger partial charge in [0.05, 0.1) is 18.1 Å². The highest BCUT2D eigenvalue weighted by molar-refractivity contribution is 6.35. The highest BCUT2D eigenvalue weighted by atomic mass is 35.5. The molecule has 0 saturated carbocycles. The topological polar surface area (TPSA) is 85.3 Å². The van der Waals surface area contributed by atoms with Gasteiger partial charge in [0.1, 0.15) is 17.4 Å². The van der Waals surface area contributed by atoms with E-state index in [0.29, 0.717) is 21.2 Å². The number of hydrogen-bond acceptors (Lipinski definition) is 5. The predicted octanol–water partition coefficient (Wildman–Crippen LogP) is 4.78. The molecule has 28 heavy (non-hydrogen) atoms. The Morgan fingerprint density at radius 1 is 1.25 bits per heavy atom. The van der Waals surface area contributed by atoms with Crippen LogP contribution in [0.1, 0.15) is 24.0 Å². The lowest BCUT2D eigenvalue weighted by Crippen LogP contribution is -2.26. The SMILES string of the molecule is CCOC(=O)C1=C(c2ccccc2)OC(N)=C(C#N)[C@H]1c1ccc(Cl)cc1Cl. The lowest BCUT2D eigenvalue weighted by Gasteiger charge is -2.28. The molecule has 0 spiro atoms. The molecule has 0 radical (unpaired) electrons. The van der Waals surface area contributed by atoms with Crippen LogP contribution in [0.25, 0.3) is 5.76 Å². The van der Waals surface area contributed by atoms with Gasteiger partial charge in [-0.15, -0.1) is 0 Å². The van der Waals surface area contributed by atoms with Crippen molar-refractivity contribution in [3.8, 4) is 6.07 Å². The number of carbonyl (C=O) groups is 1. The monoisotopic (exact) mass is 414 g/mol. The van der Waals surface area contributed by atoms with Gasteiger partial charge in [0.2, 0.25) is 5.88 Å². The van der Waals surface area contributed by atoms with E-state index in [4.69, 9.17) is 38.4 Å². The summed E-state index contributed by atoms with van der Waals surface area (Å²) in [5.41, 5.74) is 7.40. The van der Waals surface area contributed by atoms with Gasteiger partial charge in [0.25, 0.3) is 0 Å². The number of nitriles is 1. The van der Waals surface area contributed by atoms with Crippen LogP contribution in [-0.4, -0.2) is 12.6 Å². The normalized spacial score (nSPS) is 16.4. The number of esters is 1. The lowest BCUT2D eigenvalue weighted by molar-refractivity contribution is -0.138. The molecule has 0 unspecified atom stereocenters. The minimum absolute atomic E-state index is 0.0759. The van der Waals surface area contributed by atoms with E-state index in [1.165, 1.54) is 0 Å². The Labute approximate surface area is 172 Å². The largest absolute Gasteiger partial charge is 0.463 e. The molecule has 1 heterocycles. The molecule has 2 aromatic rings. The van der Waals surface area contributed by atoms with Gasteiger partial charge in [-0.2, -0.15) is 5.26 Å². The van der Waals surface area contributed by atoms with Crippen LogP contribution in [0.5, 0.6) is 0 Å². The zero-order chi connectivity index (χ0) is 20.3. The smallest absolute Gasteiger partial charge is 0.338 e. The van der Waals surface area contributed by atoms with Crippen molar-refractivity contribution in [2.45, 2.75) is 12.8 Å². The van der Waals surface area contributed by atoms with E-state index in [9.17, 15) is 10.1 Å². The van der Waals surface area contributed by atoms with Crippen LogP contribution in [-0.2, 0) is 14.3 Å². The Hall–Kier alpha value is -2.94. The summed E-state index contributed by atoms with van der Waals surface area (Å²) < 4.78 is 11.0. The molecule has 1 atom stereocenters.